The lowest BCUT2D eigenvalue weighted by atomic mass is 9.82. The zero-order chi connectivity index (χ0) is 22.6. The van der Waals surface area contributed by atoms with Crippen molar-refractivity contribution in [2.75, 3.05) is 27.3 Å². The van der Waals surface area contributed by atoms with Gasteiger partial charge in [0, 0.05) is 25.7 Å². The van der Waals surface area contributed by atoms with Gasteiger partial charge in [0.1, 0.15) is 22.2 Å². The molecule has 168 valence electrons. The van der Waals surface area contributed by atoms with Gasteiger partial charge in [-0.1, -0.05) is 12.1 Å². The standard InChI is InChI=1S/C22H27FN2O5S/c1-22(21(26)24-14-16-5-7-17(23)8-6-16)11-4-12-25(15-22)31(27,28)20-13-18(29-2)9-10-19(20)30-3/h5-10,13H,4,11-12,14-15H2,1-3H3,(H,24,26). The van der Waals surface area contributed by atoms with Gasteiger partial charge < -0.3 is 14.8 Å². The van der Waals surface area contributed by atoms with E-state index in [2.05, 4.69) is 5.32 Å². The SMILES string of the molecule is COc1ccc(OC)c(S(=O)(=O)N2CCCC(C)(C(=O)NCc3ccc(F)cc3)C2)c1. The molecule has 1 amide bonds. The van der Waals surface area contributed by atoms with E-state index in [0.717, 1.165) is 5.56 Å². The van der Waals surface area contributed by atoms with Crippen molar-refractivity contribution in [2.24, 2.45) is 5.41 Å². The third-order valence-corrected chi connectivity index (χ3v) is 7.43. The number of amides is 1. The number of benzene rings is 2. The first kappa shape index (κ1) is 23.0. The van der Waals surface area contributed by atoms with Crippen LogP contribution in [0.1, 0.15) is 25.3 Å². The van der Waals surface area contributed by atoms with Crippen molar-refractivity contribution in [3.63, 3.8) is 0 Å². The maximum atomic E-state index is 13.4. The Morgan fingerprint density at radius 3 is 2.52 bits per heavy atom. The molecule has 3 rings (SSSR count). The fourth-order valence-electron chi connectivity index (χ4n) is 3.71. The third-order valence-electron chi connectivity index (χ3n) is 5.56. The van der Waals surface area contributed by atoms with E-state index in [1.807, 2.05) is 0 Å². The summed E-state index contributed by atoms with van der Waals surface area (Å²) in [6, 6.07) is 10.5. The summed E-state index contributed by atoms with van der Waals surface area (Å²) < 4.78 is 51.6. The molecule has 0 aromatic heterocycles. The molecule has 1 aliphatic rings. The molecule has 7 nitrogen and oxygen atoms in total. The molecule has 0 bridgehead atoms. The van der Waals surface area contributed by atoms with E-state index in [1.54, 1.807) is 31.2 Å². The van der Waals surface area contributed by atoms with Gasteiger partial charge in [-0.2, -0.15) is 4.31 Å². The predicted octanol–water partition coefficient (Wildman–Crippen LogP) is 2.95. The monoisotopic (exact) mass is 450 g/mol. The fraction of sp³-hybridized carbons (Fsp3) is 0.409. The van der Waals surface area contributed by atoms with Gasteiger partial charge in [-0.3, -0.25) is 4.79 Å². The first-order valence-corrected chi connectivity index (χ1v) is 11.4. The minimum Gasteiger partial charge on any atom is -0.497 e. The molecule has 1 unspecified atom stereocenters. The summed E-state index contributed by atoms with van der Waals surface area (Å²) in [6.45, 7) is 2.36. The van der Waals surface area contributed by atoms with Crippen LogP contribution in [0.4, 0.5) is 4.39 Å². The van der Waals surface area contributed by atoms with E-state index in [1.165, 1.54) is 36.7 Å². The van der Waals surface area contributed by atoms with E-state index in [9.17, 15) is 17.6 Å². The Morgan fingerprint density at radius 2 is 1.87 bits per heavy atom. The molecular formula is C22H27FN2O5S. The molecule has 2 aromatic rings. The third kappa shape index (κ3) is 4.99. The van der Waals surface area contributed by atoms with Crippen molar-refractivity contribution >= 4 is 15.9 Å². The molecule has 0 spiro atoms. The summed E-state index contributed by atoms with van der Waals surface area (Å²) in [7, 11) is -1.04. The van der Waals surface area contributed by atoms with Gasteiger partial charge in [0.2, 0.25) is 15.9 Å². The number of nitrogens with zero attached hydrogens (tertiary/aromatic N) is 1. The number of rotatable bonds is 7. The molecule has 1 saturated heterocycles. The van der Waals surface area contributed by atoms with Crippen molar-refractivity contribution < 1.29 is 27.1 Å². The van der Waals surface area contributed by atoms with Crippen LogP contribution in [0.25, 0.3) is 0 Å². The van der Waals surface area contributed by atoms with E-state index >= 15 is 0 Å². The van der Waals surface area contributed by atoms with Crippen molar-refractivity contribution in [3.8, 4) is 11.5 Å². The van der Waals surface area contributed by atoms with Gasteiger partial charge in [0.25, 0.3) is 0 Å². The minimum atomic E-state index is -3.91. The highest BCUT2D eigenvalue weighted by Gasteiger charge is 2.42. The molecule has 1 N–H and O–H groups in total. The number of methoxy groups -OCH3 is 2. The van der Waals surface area contributed by atoms with Gasteiger partial charge in [0.15, 0.2) is 0 Å². The first-order chi connectivity index (χ1) is 14.7. The number of ether oxygens (including phenoxy) is 2. The smallest absolute Gasteiger partial charge is 0.246 e. The Bertz CT molecular complexity index is 1040. The van der Waals surface area contributed by atoms with Gasteiger partial charge in [-0.05, 0) is 49.6 Å². The second-order valence-corrected chi connectivity index (χ2v) is 9.74. The number of carbonyl (C=O) groups is 1. The Kier molecular flexibility index (Phi) is 6.86. The van der Waals surface area contributed by atoms with E-state index < -0.39 is 15.4 Å². The van der Waals surface area contributed by atoms with Gasteiger partial charge in [-0.15, -0.1) is 0 Å². The molecule has 1 aliphatic heterocycles. The summed E-state index contributed by atoms with van der Waals surface area (Å²) in [4.78, 5) is 12.9. The van der Waals surface area contributed by atoms with Crippen LogP contribution in [0.2, 0.25) is 0 Å². The number of piperidine rings is 1. The highest BCUT2D eigenvalue weighted by atomic mass is 32.2. The van der Waals surface area contributed by atoms with Crippen LogP contribution in [0, 0.1) is 11.2 Å². The summed E-state index contributed by atoms with van der Waals surface area (Å²) >= 11 is 0. The molecule has 1 fully saturated rings. The van der Waals surface area contributed by atoms with Gasteiger partial charge in [-0.25, -0.2) is 12.8 Å². The zero-order valence-electron chi connectivity index (χ0n) is 17.9. The number of carbonyl (C=O) groups excluding carboxylic acids is 1. The molecule has 1 heterocycles. The van der Waals surface area contributed by atoms with Crippen LogP contribution in [0.3, 0.4) is 0 Å². The molecular weight excluding hydrogens is 423 g/mol. The summed E-state index contributed by atoms with van der Waals surface area (Å²) in [5, 5.41) is 2.85. The lowest BCUT2D eigenvalue weighted by molar-refractivity contribution is -0.132. The van der Waals surface area contributed by atoms with Crippen LogP contribution in [-0.2, 0) is 21.4 Å². The average molecular weight is 451 g/mol. The molecule has 9 heteroatoms. The fourth-order valence-corrected chi connectivity index (χ4v) is 5.48. The molecule has 2 aromatic carbocycles. The van der Waals surface area contributed by atoms with E-state index in [-0.39, 0.29) is 35.5 Å². The molecule has 31 heavy (non-hydrogen) atoms. The van der Waals surface area contributed by atoms with Crippen molar-refractivity contribution in [2.45, 2.75) is 31.2 Å². The quantitative estimate of drug-likeness (QED) is 0.701. The maximum Gasteiger partial charge on any atom is 0.246 e. The highest BCUT2D eigenvalue weighted by molar-refractivity contribution is 7.89. The second-order valence-electron chi connectivity index (χ2n) is 7.83. The zero-order valence-corrected chi connectivity index (χ0v) is 18.7. The van der Waals surface area contributed by atoms with Crippen LogP contribution >= 0.6 is 0 Å². The van der Waals surface area contributed by atoms with Crippen LogP contribution in [0.5, 0.6) is 11.5 Å². The number of nitrogens with one attached hydrogen (secondary N) is 1. The maximum absolute atomic E-state index is 13.4. The molecule has 0 saturated carbocycles. The lowest BCUT2D eigenvalue weighted by Crippen LogP contribution is -2.51. The normalized spacial score (nSPS) is 19.6. The van der Waals surface area contributed by atoms with E-state index in [4.69, 9.17) is 9.47 Å². The van der Waals surface area contributed by atoms with Crippen LogP contribution in [0.15, 0.2) is 47.4 Å². The van der Waals surface area contributed by atoms with Crippen molar-refractivity contribution in [3.05, 3.63) is 53.8 Å². The second kappa shape index (κ2) is 9.23. The lowest BCUT2D eigenvalue weighted by Gasteiger charge is -2.38. The number of halogens is 1. The van der Waals surface area contributed by atoms with Gasteiger partial charge in [0.05, 0.1) is 19.6 Å². The summed E-state index contributed by atoms with van der Waals surface area (Å²) in [5.41, 5.74) is -0.128. The molecule has 1 atom stereocenters. The average Bonchev–Trinajstić information content (AvgIpc) is 2.78. The first-order valence-electron chi connectivity index (χ1n) is 9.94. The number of sulfonamides is 1. The highest BCUT2D eigenvalue weighted by Crippen LogP contribution is 2.36. The number of hydrogen-bond donors (Lipinski definition) is 1. The Hall–Kier alpha value is -2.65. The molecule has 0 radical (unpaired) electrons. The minimum absolute atomic E-state index is 0.00493. The Morgan fingerprint density at radius 1 is 1.16 bits per heavy atom. The van der Waals surface area contributed by atoms with Crippen molar-refractivity contribution in [1.29, 1.82) is 0 Å². The largest absolute Gasteiger partial charge is 0.497 e. The topological polar surface area (TPSA) is 84.9 Å². The number of hydrogen-bond acceptors (Lipinski definition) is 5. The van der Waals surface area contributed by atoms with Crippen molar-refractivity contribution in [1.82, 2.24) is 9.62 Å². The summed E-state index contributed by atoms with van der Waals surface area (Å²) in [5.74, 6) is 0.0301. The van der Waals surface area contributed by atoms with E-state index in [0.29, 0.717) is 25.1 Å². The van der Waals surface area contributed by atoms with Gasteiger partial charge >= 0.3 is 0 Å². The van der Waals surface area contributed by atoms with Crippen LogP contribution in [-0.4, -0.2) is 45.9 Å². The molecule has 0 aliphatic carbocycles. The predicted molar refractivity (Wildman–Crippen MR) is 114 cm³/mol. The Balaban J connectivity index is 1.78. The summed E-state index contributed by atoms with van der Waals surface area (Å²) in [6.07, 6.45) is 1.11. The van der Waals surface area contributed by atoms with Crippen LogP contribution < -0.4 is 14.8 Å². The Labute approximate surface area is 182 Å².